The van der Waals surface area contributed by atoms with Crippen molar-refractivity contribution in [2.24, 2.45) is 0 Å². The Morgan fingerprint density at radius 1 is 1.08 bits per heavy atom. The van der Waals surface area contributed by atoms with Crippen LogP contribution in [0.25, 0.3) is 10.2 Å². The van der Waals surface area contributed by atoms with Crippen molar-refractivity contribution in [3.63, 3.8) is 0 Å². The van der Waals surface area contributed by atoms with Crippen LogP contribution in [0.5, 0.6) is 11.5 Å². The quantitative estimate of drug-likeness (QED) is 0.738. The molecule has 2 aromatic heterocycles. The van der Waals surface area contributed by atoms with Crippen LogP contribution in [0.2, 0.25) is 0 Å². The minimum absolute atomic E-state index is 0.114. The van der Waals surface area contributed by atoms with E-state index in [0.29, 0.717) is 13.2 Å². The van der Waals surface area contributed by atoms with Crippen molar-refractivity contribution >= 4 is 27.4 Å². The lowest BCUT2D eigenvalue weighted by atomic mass is 9.97. The molecule has 26 heavy (non-hydrogen) atoms. The van der Waals surface area contributed by atoms with Crippen molar-refractivity contribution in [1.29, 1.82) is 0 Å². The molecule has 134 valence electrons. The lowest BCUT2D eigenvalue weighted by Crippen LogP contribution is -2.16. The molecule has 0 unspecified atom stereocenters. The molecule has 1 atom stereocenters. The van der Waals surface area contributed by atoms with Crippen LogP contribution < -0.4 is 14.8 Å². The number of aromatic nitrogens is 2. The first-order chi connectivity index (χ1) is 12.8. The number of ether oxygens (including phenoxy) is 2. The van der Waals surface area contributed by atoms with Crippen molar-refractivity contribution in [1.82, 2.24) is 9.97 Å². The Balaban J connectivity index is 1.48. The molecule has 3 heterocycles. The van der Waals surface area contributed by atoms with E-state index in [1.54, 1.807) is 6.33 Å². The van der Waals surface area contributed by atoms with Gasteiger partial charge >= 0.3 is 0 Å². The third kappa shape index (κ3) is 2.69. The van der Waals surface area contributed by atoms with Crippen LogP contribution in [-0.2, 0) is 12.8 Å². The highest BCUT2D eigenvalue weighted by Crippen LogP contribution is 2.39. The van der Waals surface area contributed by atoms with Gasteiger partial charge in [-0.3, -0.25) is 0 Å². The molecule has 1 aliphatic carbocycles. The first-order valence-corrected chi connectivity index (χ1v) is 10.0. The van der Waals surface area contributed by atoms with E-state index in [4.69, 9.17) is 9.47 Å². The molecule has 0 saturated heterocycles. The van der Waals surface area contributed by atoms with E-state index in [1.807, 2.05) is 17.4 Å². The van der Waals surface area contributed by atoms with Crippen LogP contribution >= 0.6 is 11.3 Å². The Hall–Kier alpha value is -2.34. The molecule has 1 aromatic carbocycles. The van der Waals surface area contributed by atoms with Crippen molar-refractivity contribution in [3.8, 4) is 11.5 Å². The summed E-state index contributed by atoms with van der Waals surface area (Å²) >= 11 is 1.83. The van der Waals surface area contributed by atoms with E-state index in [0.717, 1.165) is 34.1 Å². The number of fused-ring (bicyclic) bond motifs is 4. The summed E-state index contributed by atoms with van der Waals surface area (Å²) in [6, 6.07) is 6.26. The number of hydrogen-bond acceptors (Lipinski definition) is 6. The van der Waals surface area contributed by atoms with E-state index in [1.165, 1.54) is 35.1 Å². The standard InChI is InChI=1S/C20H21N3O2S/c1-12(13-6-7-15-16(10-13)25-9-8-24-15)23-19-18-14-4-2-3-5-17(14)26-20(18)22-11-21-19/h6-7,10-12H,2-5,8-9H2,1H3,(H,21,22,23)/t12-/m0/s1. The third-order valence-corrected chi connectivity index (χ3v) is 6.37. The molecule has 0 spiro atoms. The first kappa shape index (κ1) is 15.9. The van der Waals surface area contributed by atoms with Gasteiger partial charge in [-0.25, -0.2) is 9.97 Å². The minimum Gasteiger partial charge on any atom is -0.486 e. The Morgan fingerprint density at radius 2 is 1.92 bits per heavy atom. The number of nitrogens with one attached hydrogen (secondary N) is 1. The topological polar surface area (TPSA) is 56.3 Å². The molecule has 1 N–H and O–H groups in total. The van der Waals surface area contributed by atoms with Gasteiger partial charge in [0.1, 0.15) is 30.2 Å². The Bertz CT molecular complexity index is 969. The van der Waals surface area contributed by atoms with Gasteiger partial charge in [0.25, 0.3) is 0 Å². The van der Waals surface area contributed by atoms with Gasteiger partial charge in [0, 0.05) is 4.88 Å². The minimum atomic E-state index is 0.114. The molecule has 0 radical (unpaired) electrons. The van der Waals surface area contributed by atoms with Crippen LogP contribution in [0.3, 0.4) is 0 Å². The zero-order valence-corrected chi connectivity index (χ0v) is 15.6. The third-order valence-electron chi connectivity index (χ3n) is 5.17. The first-order valence-electron chi connectivity index (χ1n) is 9.21. The SMILES string of the molecule is C[C@H](Nc1ncnc2sc3c(c12)CCCC3)c1ccc2c(c1)OCCO2. The normalized spacial score (nSPS) is 17.0. The van der Waals surface area contributed by atoms with Gasteiger partial charge < -0.3 is 14.8 Å². The van der Waals surface area contributed by atoms with Crippen LogP contribution in [0.15, 0.2) is 24.5 Å². The highest BCUT2D eigenvalue weighted by Gasteiger charge is 2.21. The van der Waals surface area contributed by atoms with Gasteiger partial charge in [0.05, 0.1) is 11.4 Å². The van der Waals surface area contributed by atoms with E-state index in [9.17, 15) is 0 Å². The van der Waals surface area contributed by atoms with Gasteiger partial charge in [-0.05, 0) is 55.9 Å². The summed E-state index contributed by atoms with van der Waals surface area (Å²) < 4.78 is 11.3. The molecule has 1 aliphatic heterocycles. The number of thiophene rings is 1. The number of nitrogens with zero attached hydrogens (tertiary/aromatic N) is 2. The summed E-state index contributed by atoms with van der Waals surface area (Å²) in [6.45, 7) is 3.37. The lowest BCUT2D eigenvalue weighted by Gasteiger charge is -2.21. The van der Waals surface area contributed by atoms with Crippen molar-refractivity contribution < 1.29 is 9.47 Å². The number of anilines is 1. The summed E-state index contributed by atoms with van der Waals surface area (Å²) in [5, 5.41) is 4.82. The average molecular weight is 367 g/mol. The van der Waals surface area contributed by atoms with Gasteiger partial charge in [-0.1, -0.05) is 6.07 Å². The number of hydrogen-bond donors (Lipinski definition) is 1. The van der Waals surface area contributed by atoms with Gasteiger partial charge in [0.15, 0.2) is 11.5 Å². The van der Waals surface area contributed by atoms with E-state index >= 15 is 0 Å². The molecule has 0 bridgehead atoms. The van der Waals surface area contributed by atoms with E-state index < -0.39 is 0 Å². The second kappa shape index (κ2) is 6.43. The Morgan fingerprint density at radius 3 is 2.85 bits per heavy atom. The summed E-state index contributed by atoms with van der Waals surface area (Å²) in [5.41, 5.74) is 2.61. The van der Waals surface area contributed by atoms with Crippen molar-refractivity contribution in [2.45, 2.75) is 38.6 Å². The monoisotopic (exact) mass is 367 g/mol. The molecule has 5 rings (SSSR count). The Labute approximate surface area is 156 Å². The second-order valence-corrected chi connectivity index (χ2v) is 7.97. The van der Waals surface area contributed by atoms with Gasteiger partial charge in [0.2, 0.25) is 0 Å². The predicted octanol–water partition coefficient (Wildman–Crippen LogP) is 4.51. The molecule has 5 nitrogen and oxygen atoms in total. The van der Waals surface area contributed by atoms with E-state index in [-0.39, 0.29) is 6.04 Å². The van der Waals surface area contributed by atoms with Gasteiger partial charge in [-0.2, -0.15) is 0 Å². The van der Waals surface area contributed by atoms with Gasteiger partial charge in [-0.15, -0.1) is 11.3 Å². The smallest absolute Gasteiger partial charge is 0.161 e. The highest BCUT2D eigenvalue weighted by molar-refractivity contribution is 7.19. The molecule has 6 heteroatoms. The molecular weight excluding hydrogens is 346 g/mol. The molecule has 0 amide bonds. The fraction of sp³-hybridized carbons (Fsp3) is 0.400. The predicted molar refractivity (Wildman–Crippen MR) is 104 cm³/mol. The summed E-state index contributed by atoms with van der Waals surface area (Å²) in [4.78, 5) is 11.7. The zero-order valence-electron chi connectivity index (χ0n) is 14.7. The van der Waals surface area contributed by atoms with Crippen LogP contribution in [0.1, 0.15) is 41.8 Å². The maximum atomic E-state index is 5.72. The highest BCUT2D eigenvalue weighted by atomic mass is 32.1. The van der Waals surface area contributed by atoms with Crippen LogP contribution in [0, 0.1) is 0 Å². The molecule has 0 saturated carbocycles. The molecule has 2 aliphatic rings. The number of benzene rings is 1. The number of aryl methyl sites for hydroxylation is 2. The van der Waals surface area contributed by atoms with Crippen LogP contribution in [0.4, 0.5) is 5.82 Å². The maximum absolute atomic E-state index is 5.72. The second-order valence-electron chi connectivity index (χ2n) is 6.88. The molecule has 0 fully saturated rings. The lowest BCUT2D eigenvalue weighted by molar-refractivity contribution is 0.171. The summed E-state index contributed by atoms with van der Waals surface area (Å²) in [7, 11) is 0. The zero-order chi connectivity index (χ0) is 17.5. The van der Waals surface area contributed by atoms with Crippen molar-refractivity contribution in [2.75, 3.05) is 18.5 Å². The summed E-state index contributed by atoms with van der Waals surface area (Å²) in [6.07, 6.45) is 6.51. The molecular formula is C20H21N3O2S. The fourth-order valence-electron chi connectivity index (χ4n) is 3.82. The van der Waals surface area contributed by atoms with E-state index in [2.05, 4.69) is 34.3 Å². The largest absolute Gasteiger partial charge is 0.486 e. The van der Waals surface area contributed by atoms with Crippen molar-refractivity contribution in [3.05, 3.63) is 40.5 Å². The Kier molecular flexibility index (Phi) is 3.93. The van der Waals surface area contributed by atoms with Crippen LogP contribution in [-0.4, -0.2) is 23.2 Å². The molecule has 3 aromatic rings. The summed E-state index contributed by atoms with van der Waals surface area (Å²) in [5.74, 6) is 2.59. The number of rotatable bonds is 3. The average Bonchev–Trinajstić information content (AvgIpc) is 3.07. The maximum Gasteiger partial charge on any atom is 0.161 e. The fourth-order valence-corrected chi connectivity index (χ4v) is 5.05.